The fourth-order valence-corrected chi connectivity index (χ4v) is 1.73. The van der Waals surface area contributed by atoms with E-state index in [-0.39, 0.29) is 19.0 Å². The second-order valence-electron chi connectivity index (χ2n) is 4.69. The lowest BCUT2D eigenvalue weighted by Gasteiger charge is -2.24. The van der Waals surface area contributed by atoms with Crippen LogP contribution in [0.5, 0.6) is 0 Å². The van der Waals surface area contributed by atoms with Crippen molar-refractivity contribution in [2.45, 2.75) is 12.7 Å². The van der Waals surface area contributed by atoms with Crippen LogP contribution in [0.2, 0.25) is 0 Å². The number of halogens is 3. The minimum atomic E-state index is -4.40. The van der Waals surface area contributed by atoms with Crippen LogP contribution in [0.15, 0.2) is 18.2 Å². The standard InChI is InChI=1S/C13H18F3N3O/c1-18(2)12(20)8-19(3)11-5-4-10(13(14,15)16)6-9(11)7-17/h4-6H,7-8,17H2,1-3H3. The van der Waals surface area contributed by atoms with E-state index in [1.807, 2.05) is 0 Å². The van der Waals surface area contributed by atoms with Crippen molar-refractivity contribution in [3.63, 3.8) is 0 Å². The first-order valence-corrected chi connectivity index (χ1v) is 5.98. The third-order valence-corrected chi connectivity index (χ3v) is 2.91. The predicted octanol–water partition coefficient (Wildman–Crippen LogP) is 1.69. The number of rotatable bonds is 4. The number of benzene rings is 1. The number of nitrogens with zero attached hydrogens (tertiary/aromatic N) is 2. The van der Waals surface area contributed by atoms with Gasteiger partial charge >= 0.3 is 6.18 Å². The van der Waals surface area contributed by atoms with Gasteiger partial charge in [0.05, 0.1) is 12.1 Å². The first kappa shape index (κ1) is 16.3. The van der Waals surface area contributed by atoms with Gasteiger partial charge in [0, 0.05) is 33.4 Å². The van der Waals surface area contributed by atoms with Crippen molar-refractivity contribution >= 4 is 11.6 Å². The molecule has 0 heterocycles. The Morgan fingerprint density at radius 2 is 1.85 bits per heavy atom. The molecule has 7 heteroatoms. The molecule has 0 aliphatic carbocycles. The van der Waals surface area contributed by atoms with Gasteiger partial charge in [0.1, 0.15) is 0 Å². The molecule has 0 unspecified atom stereocenters. The quantitative estimate of drug-likeness (QED) is 0.917. The van der Waals surface area contributed by atoms with Gasteiger partial charge in [0.25, 0.3) is 0 Å². The van der Waals surface area contributed by atoms with Crippen molar-refractivity contribution in [1.82, 2.24) is 4.90 Å². The summed E-state index contributed by atoms with van der Waals surface area (Å²) in [7, 11) is 4.88. The Kier molecular flexibility index (Phi) is 4.99. The van der Waals surface area contributed by atoms with E-state index in [1.165, 1.54) is 11.0 Å². The van der Waals surface area contributed by atoms with Gasteiger partial charge in [0.2, 0.25) is 5.91 Å². The highest BCUT2D eigenvalue weighted by atomic mass is 19.4. The molecule has 4 nitrogen and oxygen atoms in total. The molecule has 1 amide bonds. The first-order chi connectivity index (χ1) is 9.16. The van der Waals surface area contributed by atoms with Gasteiger partial charge in [-0.3, -0.25) is 4.79 Å². The van der Waals surface area contributed by atoms with Crippen molar-refractivity contribution in [3.05, 3.63) is 29.3 Å². The van der Waals surface area contributed by atoms with E-state index in [1.54, 1.807) is 26.0 Å². The highest BCUT2D eigenvalue weighted by Crippen LogP contribution is 2.32. The molecule has 0 radical (unpaired) electrons. The molecule has 1 rings (SSSR count). The van der Waals surface area contributed by atoms with Crippen LogP contribution in [0.1, 0.15) is 11.1 Å². The van der Waals surface area contributed by atoms with Crippen molar-refractivity contribution in [1.29, 1.82) is 0 Å². The number of hydrogen-bond acceptors (Lipinski definition) is 3. The van der Waals surface area contributed by atoms with Crippen molar-refractivity contribution in [3.8, 4) is 0 Å². The van der Waals surface area contributed by atoms with E-state index in [2.05, 4.69) is 0 Å². The summed E-state index contributed by atoms with van der Waals surface area (Å²) in [5.41, 5.74) is 5.64. The third-order valence-electron chi connectivity index (χ3n) is 2.91. The van der Waals surface area contributed by atoms with Gasteiger partial charge in [-0.05, 0) is 23.8 Å². The molecular weight excluding hydrogens is 271 g/mol. The maximum absolute atomic E-state index is 12.6. The molecular formula is C13H18F3N3O. The van der Waals surface area contributed by atoms with Gasteiger partial charge < -0.3 is 15.5 Å². The molecule has 1 aromatic carbocycles. The molecule has 0 aliphatic heterocycles. The Morgan fingerprint density at radius 1 is 1.25 bits per heavy atom. The summed E-state index contributed by atoms with van der Waals surface area (Å²) < 4.78 is 37.9. The SMILES string of the molecule is CN(C)C(=O)CN(C)c1ccc(C(F)(F)F)cc1CN. The molecule has 20 heavy (non-hydrogen) atoms. The van der Waals surface area contributed by atoms with E-state index in [0.29, 0.717) is 11.3 Å². The second-order valence-corrected chi connectivity index (χ2v) is 4.69. The molecule has 112 valence electrons. The fraction of sp³-hybridized carbons (Fsp3) is 0.462. The van der Waals surface area contributed by atoms with Crippen molar-refractivity contribution in [2.24, 2.45) is 5.73 Å². The molecule has 2 N–H and O–H groups in total. The molecule has 0 saturated heterocycles. The van der Waals surface area contributed by atoms with Crippen molar-refractivity contribution < 1.29 is 18.0 Å². The average Bonchev–Trinajstić information content (AvgIpc) is 2.36. The van der Waals surface area contributed by atoms with Gasteiger partial charge in [0.15, 0.2) is 0 Å². The molecule has 0 atom stereocenters. The molecule has 1 aromatic rings. The summed E-state index contributed by atoms with van der Waals surface area (Å²) in [4.78, 5) is 14.6. The van der Waals surface area contributed by atoms with Crippen LogP contribution in [0.4, 0.5) is 18.9 Å². The number of likely N-dealkylation sites (N-methyl/N-ethyl adjacent to an activating group) is 2. The zero-order valence-electron chi connectivity index (χ0n) is 11.7. The summed E-state index contributed by atoms with van der Waals surface area (Å²) in [6, 6.07) is 3.35. The number of nitrogens with two attached hydrogens (primary N) is 1. The van der Waals surface area contributed by atoms with Crippen LogP contribution >= 0.6 is 0 Å². The van der Waals surface area contributed by atoms with Crippen LogP contribution < -0.4 is 10.6 Å². The van der Waals surface area contributed by atoms with E-state index < -0.39 is 11.7 Å². The zero-order chi connectivity index (χ0) is 15.5. The second kappa shape index (κ2) is 6.13. The molecule has 0 aliphatic rings. The topological polar surface area (TPSA) is 49.6 Å². The summed E-state index contributed by atoms with van der Waals surface area (Å²) in [6.45, 7) is 0.0467. The number of carbonyl (C=O) groups is 1. The Hall–Kier alpha value is -1.76. The van der Waals surface area contributed by atoms with Crippen LogP contribution in [-0.2, 0) is 17.5 Å². The highest BCUT2D eigenvalue weighted by molar-refractivity contribution is 5.81. The van der Waals surface area contributed by atoms with Gasteiger partial charge in [-0.1, -0.05) is 0 Å². The number of carbonyl (C=O) groups excluding carboxylic acids is 1. The minimum Gasteiger partial charge on any atom is -0.365 e. The Labute approximate surface area is 116 Å². The van der Waals surface area contributed by atoms with Gasteiger partial charge in [-0.15, -0.1) is 0 Å². The van der Waals surface area contributed by atoms with Crippen molar-refractivity contribution in [2.75, 3.05) is 32.6 Å². The van der Waals surface area contributed by atoms with Crippen LogP contribution in [0.3, 0.4) is 0 Å². The predicted molar refractivity (Wildman–Crippen MR) is 71.3 cm³/mol. The summed E-state index contributed by atoms with van der Waals surface area (Å²) in [5.74, 6) is -0.143. The van der Waals surface area contributed by atoms with E-state index in [4.69, 9.17) is 5.73 Å². The number of anilines is 1. The van der Waals surface area contributed by atoms with Crippen LogP contribution in [0, 0.1) is 0 Å². The molecule has 0 spiro atoms. The Bertz CT molecular complexity index is 486. The smallest absolute Gasteiger partial charge is 0.365 e. The minimum absolute atomic E-state index is 0.0280. The molecule has 0 fully saturated rings. The largest absolute Gasteiger partial charge is 0.416 e. The monoisotopic (exact) mass is 289 g/mol. The lowest BCUT2D eigenvalue weighted by atomic mass is 10.1. The van der Waals surface area contributed by atoms with Gasteiger partial charge in [-0.2, -0.15) is 13.2 Å². The summed E-state index contributed by atoms with van der Waals surface area (Å²) in [6.07, 6.45) is -4.40. The Balaban J connectivity index is 3.04. The van der Waals surface area contributed by atoms with E-state index in [9.17, 15) is 18.0 Å². The lowest BCUT2D eigenvalue weighted by molar-refractivity contribution is -0.137. The van der Waals surface area contributed by atoms with Gasteiger partial charge in [-0.25, -0.2) is 0 Å². The van der Waals surface area contributed by atoms with E-state index >= 15 is 0 Å². The molecule has 0 bridgehead atoms. The lowest BCUT2D eigenvalue weighted by Crippen LogP contribution is -2.35. The van der Waals surface area contributed by atoms with E-state index in [0.717, 1.165) is 12.1 Å². The number of amides is 1. The maximum atomic E-state index is 12.6. The number of hydrogen-bond donors (Lipinski definition) is 1. The molecule has 0 saturated carbocycles. The third kappa shape index (κ3) is 3.86. The summed E-state index contributed by atoms with van der Waals surface area (Å²) in [5, 5.41) is 0. The normalized spacial score (nSPS) is 11.3. The first-order valence-electron chi connectivity index (χ1n) is 5.98. The maximum Gasteiger partial charge on any atom is 0.416 e. The average molecular weight is 289 g/mol. The Morgan fingerprint density at radius 3 is 2.30 bits per heavy atom. The van der Waals surface area contributed by atoms with Crippen LogP contribution in [0.25, 0.3) is 0 Å². The highest BCUT2D eigenvalue weighted by Gasteiger charge is 2.31. The fourth-order valence-electron chi connectivity index (χ4n) is 1.73. The molecule has 0 aromatic heterocycles. The summed E-state index contributed by atoms with van der Waals surface area (Å²) >= 11 is 0. The zero-order valence-corrected chi connectivity index (χ0v) is 11.7. The van der Waals surface area contributed by atoms with Crippen LogP contribution in [-0.4, -0.2) is 38.5 Å². The number of alkyl halides is 3.